The summed E-state index contributed by atoms with van der Waals surface area (Å²) >= 11 is 11.8. The standard InChI is InChI=1S/C14H11Cl2NO/c1-17(11-5-3-2-4-6-11)14(18)12-8-7-10(15)9-13(12)16/h2-9H,1H3. The van der Waals surface area contributed by atoms with Crippen LogP contribution < -0.4 is 4.90 Å². The number of hydrogen-bond donors (Lipinski definition) is 0. The molecule has 2 aromatic rings. The van der Waals surface area contributed by atoms with E-state index >= 15 is 0 Å². The highest BCUT2D eigenvalue weighted by Crippen LogP contribution is 2.23. The van der Waals surface area contributed by atoms with Gasteiger partial charge in [0, 0.05) is 17.8 Å². The molecule has 0 fully saturated rings. The number of rotatable bonds is 2. The lowest BCUT2D eigenvalue weighted by Crippen LogP contribution is -2.26. The van der Waals surface area contributed by atoms with Crippen LogP contribution in [0.2, 0.25) is 10.0 Å². The smallest absolute Gasteiger partial charge is 0.259 e. The van der Waals surface area contributed by atoms with Crippen molar-refractivity contribution in [1.29, 1.82) is 0 Å². The van der Waals surface area contributed by atoms with Crippen molar-refractivity contribution in [2.45, 2.75) is 0 Å². The SMILES string of the molecule is CN(C(=O)c1ccc(Cl)cc1Cl)c1ccccc1. The largest absolute Gasteiger partial charge is 0.311 e. The van der Waals surface area contributed by atoms with Gasteiger partial charge in [-0.1, -0.05) is 41.4 Å². The lowest BCUT2D eigenvalue weighted by atomic mass is 10.2. The van der Waals surface area contributed by atoms with Crippen LogP contribution in [0.3, 0.4) is 0 Å². The molecule has 0 N–H and O–H groups in total. The first kappa shape index (κ1) is 12.9. The van der Waals surface area contributed by atoms with Gasteiger partial charge in [-0.25, -0.2) is 0 Å². The van der Waals surface area contributed by atoms with E-state index in [1.807, 2.05) is 30.3 Å². The molecule has 1 amide bonds. The Morgan fingerprint density at radius 1 is 1.06 bits per heavy atom. The molecule has 0 unspecified atom stereocenters. The summed E-state index contributed by atoms with van der Waals surface area (Å²) in [5.41, 5.74) is 1.25. The quantitative estimate of drug-likeness (QED) is 0.804. The van der Waals surface area contributed by atoms with Crippen LogP contribution in [0.15, 0.2) is 48.5 Å². The molecule has 0 saturated carbocycles. The monoisotopic (exact) mass is 279 g/mol. The molecule has 0 aromatic heterocycles. The second-order valence-electron chi connectivity index (χ2n) is 3.82. The van der Waals surface area contributed by atoms with Crippen LogP contribution in [0.25, 0.3) is 0 Å². The fourth-order valence-electron chi connectivity index (χ4n) is 1.61. The van der Waals surface area contributed by atoms with Gasteiger partial charge in [-0.3, -0.25) is 4.79 Å². The zero-order valence-electron chi connectivity index (χ0n) is 9.73. The minimum atomic E-state index is -0.164. The van der Waals surface area contributed by atoms with E-state index in [0.717, 1.165) is 5.69 Å². The lowest BCUT2D eigenvalue weighted by molar-refractivity contribution is 0.0993. The average molecular weight is 280 g/mol. The normalized spacial score (nSPS) is 10.2. The first-order chi connectivity index (χ1) is 8.59. The van der Waals surface area contributed by atoms with E-state index in [-0.39, 0.29) is 5.91 Å². The molecule has 0 aliphatic rings. The molecule has 18 heavy (non-hydrogen) atoms. The molecule has 0 bridgehead atoms. The Balaban J connectivity index is 2.32. The van der Waals surface area contributed by atoms with E-state index in [0.29, 0.717) is 15.6 Å². The van der Waals surface area contributed by atoms with Gasteiger partial charge in [-0.2, -0.15) is 0 Å². The second-order valence-corrected chi connectivity index (χ2v) is 4.67. The van der Waals surface area contributed by atoms with Crippen LogP contribution in [0.5, 0.6) is 0 Å². The molecular formula is C14H11Cl2NO. The van der Waals surface area contributed by atoms with Crippen LogP contribution in [-0.4, -0.2) is 13.0 Å². The molecule has 0 aliphatic carbocycles. The molecule has 4 heteroatoms. The number of benzene rings is 2. The summed E-state index contributed by atoms with van der Waals surface area (Å²) in [5, 5.41) is 0.870. The molecule has 0 spiro atoms. The van der Waals surface area contributed by atoms with E-state index in [1.165, 1.54) is 0 Å². The maximum absolute atomic E-state index is 12.3. The Hall–Kier alpha value is -1.51. The third-order valence-corrected chi connectivity index (χ3v) is 3.16. The number of hydrogen-bond acceptors (Lipinski definition) is 1. The highest BCUT2D eigenvalue weighted by Gasteiger charge is 2.16. The first-order valence-corrected chi connectivity index (χ1v) is 6.13. The van der Waals surface area contributed by atoms with Crippen molar-refractivity contribution < 1.29 is 4.79 Å². The predicted octanol–water partition coefficient (Wildman–Crippen LogP) is 4.27. The van der Waals surface area contributed by atoms with Gasteiger partial charge >= 0.3 is 0 Å². The first-order valence-electron chi connectivity index (χ1n) is 5.38. The Bertz CT molecular complexity index is 569. The van der Waals surface area contributed by atoms with Crippen molar-refractivity contribution in [3.8, 4) is 0 Å². The number of para-hydroxylation sites is 1. The molecule has 0 heterocycles. The van der Waals surface area contributed by atoms with Gasteiger partial charge in [0.2, 0.25) is 0 Å². The zero-order chi connectivity index (χ0) is 13.1. The zero-order valence-corrected chi connectivity index (χ0v) is 11.2. The third-order valence-electron chi connectivity index (χ3n) is 2.61. The van der Waals surface area contributed by atoms with Gasteiger partial charge in [0.1, 0.15) is 0 Å². The molecule has 2 nitrogen and oxygen atoms in total. The average Bonchev–Trinajstić information content (AvgIpc) is 2.38. The summed E-state index contributed by atoms with van der Waals surface area (Å²) in [6.07, 6.45) is 0. The number of anilines is 1. The number of carbonyl (C=O) groups is 1. The summed E-state index contributed by atoms with van der Waals surface area (Å²) in [7, 11) is 1.71. The van der Waals surface area contributed by atoms with Crippen molar-refractivity contribution in [2.75, 3.05) is 11.9 Å². The number of amides is 1. The van der Waals surface area contributed by atoms with Gasteiger partial charge in [-0.05, 0) is 30.3 Å². The highest BCUT2D eigenvalue weighted by atomic mass is 35.5. The van der Waals surface area contributed by atoms with Gasteiger partial charge in [-0.15, -0.1) is 0 Å². The van der Waals surface area contributed by atoms with Gasteiger partial charge in [0.25, 0.3) is 5.91 Å². The van der Waals surface area contributed by atoms with E-state index in [4.69, 9.17) is 23.2 Å². The lowest BCUT2D eigenvalue weighted by Gasteiger charge is -2.18. The number of nitrogens with zero attached hydrogens (tertiary/aromatic N) is 1. The van der Waals surface area contributed by atoms with Crippen LogP contribution in [-0.2, 0) is 0 Å². The topological polar surface area (TPSA) is 20.3 Å². The fraction of sp³-hybridized carbons (Fsp3) is 0.0714. The summed E-state index contributed by atoms with van der Waals surface area (Å²) in [5.74, 6) is -0.164. The number of halogens is 2. The Labute approximate surface area is 116 Å². The second kappa shape index (κ2) is 5.42. The Kier molecular flexibility index (Phi) is 3.90. The van der Waals surface area contributed by atoms with Crippen molar-refractivity contribution in [3.05, 3.63) is 64.1 Å². The molecular weight excluding hydrogens is 269 g/mol. The molecule has 2 aromatic carbocycles. The minimum Gasteiger partial charge on any atom is -0.311 e. The molecule has 0 aliphatic heterocycles. The fourth-order valence-corrected chi connectivity index (χ4v) is 2.10. The van der Waals surface area contributed by atoms with Crippen molar-refractivity contribution in [3.63, 3.8) is 0 Å². The molecule has 0 saturated heterocycles. The molecule has 2 rings (SSSR count). The molecule has 0 atom stereocenters. The van der Waals surface area contributed by atoms with Gasteiger partial charge in [0.15, 0.2) is 0 Å². The molecule has 0 radical (unpaired) electrons. The summed E-state index contributed by atoms with van der Waals surface area (Å²) in [6.45, 7) is 0. The van der Waals surface area contributed by atoms with Gasteiger partial charge < -0.3 is 4.90 Å². The van der Waals surface area contributed by atoms with E-state index in [2.05, 4.69) is 0 Å². The van der Waals surface area contributed by atoms with E-state index < -0.39 is 0 Å². The van der Waals surface area contributed by atoms with Crippen LogP contribution >= 0.6 is 23.2 Å². The van der Waals surface area contributed by atoms with Crippen molar-refractivity contribution in [2.24, 2.45) is 0 Å². The maximum atomic E-state index is 12.3. The molecule has 92 valence electrons. The van der Waals surface area contributed by atoms with Gasteiger partial charge in [0.05, 0.1) is 10.6 Å². The van der Waals surface area contributed by atoms with Crippen LogP contribution in [0.1, 0.15) is 10.4 Å². The highest BCUT2D eigenvalue weighted by molar-refractivity contribution is 6.37. The third kappa shape index (κ3) is 2.66. The summed E-state index contributed by atoms with van der Waals surface area (Å²) < 4.78 is 0. The van der Waals surface area contributed by atoms with Crippen molar-refractivity contribution >= 4 is 34.8 Å². The maximum Gasteiger partial charge on any atom is 0.259 e. The Morgan fingerprint density at radius 2 is 1.72 bits per heavy atom. The summed E-state index contributed by atoms with van der Waals surface area (Å²) in [4.78, 5) is 13.8. The number of carbonyl (C=O) groups excluding carboxylic acids is 1. The van der Waals surface area contributed by atoms with Crippen LogP contribution in [0, 0.1) is 0 Å². The minimum absolute atomic E-state index is 0.164. The van der Waals surface area contributed by atoms with E-state index in [1.54, 1.807) is 30.1 Å². The van der Waals surface area contributed by atoms with Crippen LogP contribution in [0.4, 0.5) is 5.69 Å². The Morgan fingerprint density at radius 3 is 2.33 bits per heavy atom. The summed E-state index contributed by atoms with van der Waals surface area (Å²) in [6, 6.07) is 14.2. The van der Waals surface area contributed by atoms with E-state index in [9.17, 15) is 4.79 Å². The predicted molar refractivity (Wildman–Crippen MR) is 75.6 cm³/mol. The van der Waals surface area contributed by atoms with Crippen molar-refractivity contribution in [1.82, 2.24) is 0 Å².